The van der Waals surface area contributed by atoms with E-state index in [1.54, 1.807) is 0 Å². The second-order valence-electron chi connectivity index (χ2n) is 7.88. The molecule has 7 nitrogen and oxygen atoms in total. The molecule has 0 aliphatic carbocycles. The number of aryl methyl sites for hydroxylation is 2. The first kappa shape index (κ1) is 18.9. The number of pyridine rings is 1. The normalized spacial score (nSPS) is 18.6. The second-order valence-corrected chi connectivity index (χ2v) is 7.88. The molecule has 2 aliphatic rings. The highest BCUT2D eigenvalue weighted by molar-refractivity contribution is 6.06. The van der Waals surface area contributed by atoms with Gasteiger partial charge >= 0.3 is 0 Å². The Morgan fingerprint density at radius 3 is 2.83 bits per heavy atom. The van der Waals surface area contributed by atoms with Crippen molar-refractivity contribution in [3.63, 3.8) is 0 Å². The number of likely N-dealkylation sites (tertiary alicyclic amines) is 1. The molecule has 2 aliphatic heterocycles. The van der Waals surface area contributed by atoms with Gasteiger partial charge in [-0.15, -0.1) is 0 Å². The van der Waals surface area contributed by atoms with Crippen LogP contribution in [0, 0.1) is 6.92 Å². The molecule has 1 amide bonds. The highest BCUT2D eigenvalue weighted by Crippen LogP contribution is 2.39. The largest absolute Gasteiger partial charge is 0.490 e. The zero-order chi connectivity index (χ0) is 20.7. The second kappa shape index (κ2) is 7.63. The van der Waals surface area contributed by atoms with Crippen LogP contribution >= 0.6 is 0 Å². The maximum Gasteiger partial charge on any atom is 0.258 e. The molecule has 0 unspecified atom stereocenters. The Morgan fingerprint density at radius 1 is 1.17 bits per heavy atom. The number of nitrogens with zero attached hydrogens (tertiary/aromatic N) is 3. The molecule has 0 bridgehead atoms. The van der Waals surface area contributed by atoms with E-state index in [4.69, 9.17) is 14.0 Å². The summed E-state index contributed by atoms with van der Waals surface area (Å²) in [6.07, 6.45) is 3.47. The minimum Gasteiger partial charge on any atom is -0.490 e. The molecule has 5 rings (SSSR count). The summed E-state index contributed by atoms with van der Waals surface area (Å²) >= 11 is 0. The van der Waals surface area contributed by atoms with Crippen molar-refractivity contribution in [1.82, 2.24) is 15.0 Å². The van der Waals surface area contributed by atoms with Gasteiger partial charge in [0, 0.05) is 18.7 Å². The highest BCUT2D eigenvalue weighted by Gasteiger charge is 2.33. The summed E-state index contributed by atoms with van der Waals surface area (Å²) < 4.78 is 17.0. The van der Waals surface area contributed by atoms with Gasteiger partial charge in [0.1, 0.15) is 0 Å². The average Bonchev–Trinajstić information content (AvgIpc) is 3.33. The Balaban J connectivity index is 1.52. The summed E-state index contributed by atoms with van der Waals surface area (Å²) in [5, 5.41) is 4.75. The summed E-state index contributed by atoms with van der Waals surface area (Å²) in [5.41, 5.74) is 3.65. The minimum atomic E-state index is -0.00184. The Kier molecular flexibility index (Phi) is 4.81. The Labute approximate surface area is 175 Å². The van der Waals surface area contributed by atoms with Gasteiger partial charge in [-0.1, -0.05) is 18.1 Å². The fourth-order valence-corrected chi connectivity index (χ4v) is 4.39. The molecule has 0 saturated carbocycles. The molecule has 1 aromatic carbocycles. The molecule has 0 N–H and O–H groups in total. The van der Waals surface area contributed by atoms with Gasteiger partial charge < -0.3 is 18.9 Å². The van der Waals surface area contributed by atoms with Gasteiger partial charge in [-0.3, -0.25) is 4.79 Å². The van der Waals surface area contributed by atoms with E-state index in [0.29, 0.717) is 42.1 Å². The van der Waals surface area contributed by atoms with E-state index in [0.717, 1.165) is 48.4 Å². The van der Waals surface area contributed by atoms with Crippen LogP contribution < -0.4 is 9.47 Å². The molecule has 0 radical (unpaired) electrons. The smallest absolute Gasteiger partial charge is 0.258 e. The zero-order valence-corrected chi connectivity index (χ0v) is 17.3. The number of aromatic nitrogens is 2. The zero-order valence-electron chi connectivity index (χ0n) is 17.3. The van der Waals surface area contributed by atoms with Crippen LogP contribution in [0.3, 0.4) is 0 Å². The van der Waals surface area contributed by atoms with Crippen molar-refractivity contribution >= 4 is 17.0 Å². The van der Waals surface area contributed by atoms with E-state index < -0.39 is 0 Å². The van der Waals surface area contributed by atoms with Crippen molar-refractivity contribution in [2.24, 2.45) is 0 Å². The Bertz CT molecular complexity index is 1110. The fourth-order valence-electron chi connectivity index (χ4n) is 4.39. The lowest BCUT2D eigenvalue weighted by Crippen LogP contribution is -2.31. The van der Waals surface area contributed by atoms with Gasteiger partial charge in [-0.05, 0) is 49.9 Å². The first-order valence-electron chi connectivity index (χ1n) is 10.6. The molecule has 2 aromatic heterocycles. The van der Waals surface area contributed by atoms with Crippen LogP contribution in [0.15, 0.2) is 28.8 Å². The Hall–Kier alpha value is -3.09. The number of carbonyl (C=O) groups excluding carboxylic acids is 1. The monoisotopic (exact) mass is 407 g/mol. The quantitative estimate of drug-likeness (QED) is 0.647. The number of rotatable bonds is 3. The maximum absolute atomic E-state index is 13.7. The van der Waals surface area contributed by atoms with Crippen molar-refractivity contribution in [3.8, 4) is 11.5 Å². The van der Waals surface area contributed by atoms with E-state index in [1.165, 1.54) is 0 Å². The molecule has 4 heterocycles. The molecular weight excluding hydrogens is 382 g/mol. The topological polar surface area (TPSA) is 77.7 Å². The molecule has 7 heteroatoms. The summed E-state index contributed by atoms with van der Waals surface area (Å²) in [6, 6.07) is 7.93. The van der Waals surface area contributed by atoms with Gasteiger partial charge in [0.15, 0.2) is 11.5 Å². The predicted molar refractivity (Wildman–Crippen MR) is 111 cm³/mol. The third-order valence-electron chi connectivity index (χ3n) is 5.93. The van der Waals surface area contributed by atoms with Gasteiger partial charge in [0.05, 0.1) is 35.9 Å². The lowest BCUT2D eigenvalue weighted by atomic mass is 10.0. The standard InChI is InChI=1S/C23H25N3O4/c1-3-16-13-17(21-14(2)25-30-22(21)24-16)23(27)26-9-4-6-18(26)15-7-8-19-20(12-15)29-11-5-10-28-19/h7-8,12-13,18H,3-6,9-11H2,1-2H3/t18-/m1/s1. The van der Waals surface area contributed by atoms with Crippen LogP contribution in [0.25, 0.3) is 11.1 Å². The van der Waals surface area contributed by atoms with Crippen molar-refractivity contribution in [2.45, 2.75) is 45.6 Å². The number of amides is 1. The van der Waals surface area contributed by atoms with Crippen LogP contribution in [0.2, 0.25) is 0 Å². The summed E-state index contributed by atoms with van der Waals surface area (Å²) in [4.78, 5) is 20.1. The number of fused-ring (bicyclic) bond motifs is 2. The van der Waals surface area contributed by atoms with Crippen molar-refractivity contribution < 1.29 is 18.8 Å². The van der Waals surface area contributed by atoms with Crippen molar-refractivity contribution in [3.05, 3.63) is 46.8 Å². The number of benzene rings is 1. The van der Waals surface area contributed by atoms with E-state index in [2.05, 4.69) is 10.1 Å². The summed E-state index contributed by atoms with van der Waals surface area (Å²) in [5.74, 6) is 1.53. The lowest BCUT2D eigenvalue weighted by Gasteiger charge is -2.26. The third-order valence-corrected chi connectivity index (χ3v) is 5.93. The molecule has 1 fully saturated rings. The van der Waals surface area contributed by atoms with Crippen LogP contribution in [-0.4, -0.2) is 40.7 Å². The predicted octanol–water partition coefficient (Wildman–Crippen LogP) is 4.23. The number of hydrogen-bond donors (Lipinski definition) is 0. The maximum atomic E-state index is 13.7. The first-order valence-corrected chi connectivity index (χ1v) is 10.6. The van der Waals surface area contributed by atoms with Gasteiger partial charge in [0.2, 0.25) is 0 Å². The minimum absolute atomic E-state index is 0.00184. The highest BCUT2D eigenvalue weighted by atomic mass is 16.5. The Morgan fingerprint density at radius 2 is 2.00 bits per heavy atom. The SMILES string of the molecule is CCc1cc(C(=O)N2CCC[C@@H]2c2ccc3c(c2)OCCCO3)c2c(C)noc2n1. The van der Waals surface area contributed by atoms with Crippen LogP contribution in [0.5, 0.6) is 11.5 Å². The number of hydrogen-bond acceptors (Lipinski definition) is 6. The van der Waals surface area contributed by atoms with Crippen LogP contribution in [0.4, 0.5) is 0 Å². The number of ether oxygens (including phenoxy) is 2. The molecule has 0 spiro atoms. The molecule has 1 saturated heterocycles. The van der Waals surface area contributed by atoms with Crippen LogP contribution in [0.1, 0.15) is 59.5 Å². The summed E-state index contributed by atoms with van der Waals surface area (Å²) in [6.45, 7) is 5.89. The molecule has 156 valence electrons. The van der Waals surface area contributed by atoms with Crippen molar-refractivity contribution in [2.75, 3.05) is 19.8 Å². The lowest BCUT2D eigenvalue weighted by molar-refractivity contribution is 0.0737. The van der Waals surface area contributed by atoms with Gasteiger partial charge in [-0.25, -0.2) is 4.98 Å². The third kappa shape index (κ3) is 3.18. The first-order chi connectivity index (χ1) is 14.7. The van der Waals surface area contributed by atoms with E-state index >= 15 is 0 Å². The van der Waals surface area contributed by atoms with Crippen molar-refractivity contribution in [1.29, 1.82) is 0 Å². The average molecular weight is 407 g/mol. The van der Waals surface area contributed by atoms with Gasteiger partial charge in [-0.2, -0.15) is 0 Å². The van der Waals surface area contributed by atoms with E-state index in [9.17, 15) is 4.79 Å². The molecule has 30 heavy (non-hydrogen) atoms. The van der Waals surface area contributed by atoms with E-state index in [-0.39, 0.29) is 11.9 Å². The molecule has 3 aromatic rings. The summed E-state index contributed by atoms with van der Waals surface area (Å²) in [7, 11) is 0. The number of carbonyl (C=O) groups is 1. The molecular formula is C23H25N3O4. The van der Waals surface area contributed by atoms with Gasteiger partial charge in [0.25, 0.3) is 11.6 Å². The van der Waals surface area contributed by atoms with Crippen LogP contribution in [-0.2, 0) is 6.42 Å². The fraction of sp³-hybridized carbons (Fsp3) is 0.435. The molecule has 1 atom stereocenters. The van der Waals surface area contributed by atoms with E-state index in [1.807, 2.05) is 43.0 Å².